The van der Waals surface area contributed by atoms with Crippen LogP contribution in [0, 0.1) is 0 Å². The second-order valence-electron chi connectivity index (χ2n) is 8.39. The van der Waals surface area contributed by atoms with Crippen LogP contribution >= 0.6 is 11.3 Å². The molecule has 0 aliphatic carbocycles. The lowest BCUT2D eigenvalue weighted by Gasteiger charge is -2.25. The summed E-state index contributed by atoms with van der Waals surface area (Å²) in [6, 6.07) is 9.37. The SMILES string of the molecule is CCOC(=O)C1=C(C)N=c2s/c(=C\c3cccc(OC)c3OC)c(=O)n2C1c1ccc(OC(C)=O)c(OC)c1. The Morgan fingerprint density at radius 2 is 1.79 bits per heavy atom. The molecule has 1 aromatic heterocycles. The highest BCUT2D eigenvalue weighted by Crippen LogP contribution is 2.36. The van der Waals surface area contributed by atoms with Gasteiger partial charge in [-0.3, -0.25) is 14.2 Å². The van der Waals surface area contributed by atoms with Crippen LogP contribution in [-0.4, -0.2) is 44.4 Å². The van der Waals surface area contributed by atoms with E-state index >= 15 is 0 Å². The Morgan fingerprint density at radius 1 is 1.05 bits per heavy atom. The van der Waals surface area contributed by atoms with Crippen molar-refractivity contribution in [3.8, 4) is 23.0 Å². The van der Waals surface area contributed by atoms with Crippen LogP contribution in [0.3, 0.4) is 0 Å². The van der Waals surface area contributed by atoms with Gasteiger partial charge in [0.2, 0.25) is 0 Å². The number of fused-ring (bicyclic) bond motifs is 1. The summed E-state index contributed by atoms with van der Waals surface area (Å²) >= 11 is 1.19. The number of hydrogen-bond donors (Lipinski definition) is 0. The quantitative estimate of drug-likeness (QED) is 0.310. The minimum absolute atomic E-state index is 0.150. The maximum absolute atomic E-state index is 13.9. The maximum atomic E-state index is 13.9. The van der Waals surface area contributed by atoms with E-state index in [2.05, 4.69) is 4.99 Å². The Kier molecular flexibility index (Phi) is 8.20. The highest BCUT2D eigenvalue weighted by atomic mass is 32.1. The first-order valence-corrected chi connectivity index (χ1v) is 12.8. The maximum Gasteiger partial charge on any atom is 0.338 e. The van der Waals surface area contributed by atoms with E-state index in [1.54, 1.807) is 50.3 Å². The molecule has 0 fully saturated rings. The minimum atomic E-state index is -0.866. The van der Waals surface area contributed by atoms with E-state index in [-0.39, 0.29) is 29.2 Å². The van der Waals surface area contributed by atoms with E-state index in [0.717, 1.165) is 0 Å². The van der Waals surface area contributed by atoms with E-state index in [4.69, 9.17) is 23.7 Å². The number of carbonyl (C=O) groups is 2. The van der Waals surface area contributed by atoms with Gasteiger partial charge in [-0.05, 0) is 43.7 Å². The largest absolute Gasteiger partial charge is 0.493 e. The number of rotatable bonds is 8. The van der Waals surface area contributed by atoms with E-state index in [1.165, 1.54) is 44.2 Å². The molecule has 0 saturated heterocycles. The number of esters is 2. The molecule has 10 nitrogen and oxygen atoms in total. The number of benzene rings is 2. The summed E-state index contributed by atoms with van der Waals surface area (Å²) in [7, 11) is 4.50. The van der Waals surface area contributed by atoms with Gasteiger partial charge in [-0.15, -0.1) is 0 Å². The van der Waals surface area contributed by atoms with Gasteiger partial charge in [0.15, 0.2) is 27.8 Å². The zero-order chi connectivity index (χ0) is 28.3. The van der Waals surface area contributed by atoms with Crippen molar-refractivity contribution in [3.05, 3.63) is 78.5 Å². The van der Waals surface area contributed by atoms with E-state index in [9.17, 15) is 14.4 Å². The number of nitrogens with zero attached hydrogens (tertiary/aromatic N) is 2. The van der Waals surface area contributed by atoms with Crippen molar-refractivity contribution >= 4 is 29.4 Å². The van der Waals surface area contributed by atoms with Crippen LogP contribution in [0.4, 0.5) is 0 Å². The summed E-state index contributed by atoms with van der Waals surface area (Å²) in [6.07, 6.45) is 1.70. The number of ether oxygens (including phenoxy) is 5. The number of allylic oxidation sites excluding steroid dienone is 1. The lowest BCUT2D eigenvalue weighted by atomic mass is 9.95. The first-order valence-electron chi connectivity index (χ1n) is 12.0. The van der Waals surface area contributed by atoms with Crippen LogP contribution < -0.4 is 33.8 Å². The molecule has 11 heteroatoms. The Morgan fingerprint density at radius 3 is 2.44 bits per heavy atom. The number of hydrogen-bond acceptors (Lipinski definition) is 10. The van der Waals surface area contributed by atoms with Crippen molar-refractivity contribution in [2.75, 3.05) is 27.9 Å². The van der Waals surface area contributed by atoms with Crippen LogP contribution in [0.25, 0.3) is 6.08 Å². The van der Waals surface area contributed by atoms with Crippen molar-refractivity contribution in [1.29, 1.82) is 0 Å². The number of para-hydroxylation sites is 1. The van der Waals surface area contributed by atoms with Crippen molar-refractivity contribution in [2.45, 2.75) is 26.8 Å². The fourth-order valence-corrected chi connectivity index (χ4v) is 5.40. The molecule has 1 atom stereocenters. The summed E-state index contributed by atoms with van der Waals surface area (Å²) in [6.45, 7) is 4.84. The molecule has 0 N–H and O–H groups in total. The smallest absolute Gasteiger partial charge is 0.338 e. The van der Waals surface area contributed by atoms with Gasteiger partial charge in [0.25, 0.3) is 5.56 Å². The van der Waals surface area contributed by atoms with E-state index < -0.39 is 18.0 Å². The van der Waals surface area contributed by atoms with Crippen molar-refractivity contribution in [2.24, 2.45) is 4.99 Å². The average Bonchev–Trinajstić information content (AvgIpc) is 3.21. The minimum Gasteiger partial charge on any atom is -0.493 e. The average molecular weight is 553 g/mol. The lowest BCUT2D eigenvalue weighted by molar-refractivity contribution is -0.139. The van der Waals surface area contributed by atoms with Gasteiger partial charge in [-0.2, -0.15) is 0 Å². The third-order valence-electron chi connectivity index (χ3n) is 5.99. The molecule has 4 rings (SSSR count). The van der Waals surface area contributed by atoms with E-state index in [1.807, 2.05) is 6.07 Å². The van der Waals surface area contributed by atoms with Gasteiger partial charge >= 0.3 is 11.9 Å². The van der Waals surface area contributed by atoms with Crippen LogP contribution in [-0.2, 0) is 14.3 Å². The number of aromatic nitrogens is 1. The Hall–Kier alpha value is -4.38. The molecular formula is C28H28N2O8S. The lowest BCUT2D eigenvalue weighted by Crippen LogP contribution is -2.40. The highest BCUT2D eigenvalue weighted by Gasteiger charge is 2.34. The topological polar surface area (TPSA) is 115 Å². The molecule has 2 aromatic carbocycles. The standard InChI is InChI=1S/C28H28N2O8S/c1-7-37-27(33)23-15(2)29-28-30(24(23)17-11-12-19(38-16(3)31)21(13-17)35-5)26(32)22(39-28)14-18-9-8-10-20(34-4)25(18)36-6/h8-14,24H,7H2,1-6H3/b22-14-. The fourth-order valence-electron chi connectivity index (χ4n) is 4.37. The Bertz CT molecular complexity index is 1650. The molecule has 0 radical (unpaired) electrons. The molecule has 2 heterocycles. The molecule has 39 heavy (non-hydrogen) atoms. The zero-order valence-electron chi connectivity index (χ0n) is 22.4. The van der Waals surface area contributed by atoms with Crippen molar-refractivity contribution < 1.29 is 33.3 Å². The molecule has 1 unspecified atom stereocenters. The summed E-state index contributed by atoms with van der Waals surface area (Å²) < 4.78 is 28.8. The van der Waals surface area contributed by atoms with Crippen molar-refractivity contribution in [1.82, 2.24) is 4.57 Å². The third-order valence-corrected chi connectivity index (χ3v) is 6.98. The monoisotopic (exact) mass is 552 g/mol. The number of methoxy groups -OCH3 is 3. The second-order valence-corrected chi connectivity index (χ2v) is 9.40. The molecule has 0 spiro atoms. The molecule has 204 valence electrons. The van der Waals surface area contributed by atoms with Gasteiger partial charge in [-0.1, -0.05) is 29.5 Å². The van der Waals surface area contributed by atoms with Crippen LogP contribution in [0.15, 0.2) is 57.5 Å². The summed E-state index contributed by atoms with van der Waals surface area (Å²) in [5, 5.41) is 0. The molecule has 3 aromatic rings. The van der Waals surface area contributed by atoms with Gasteiger partial charge < -0.3 is 23.7 Å². The summed E-state index contributed by atoms with van der Waals surface area (Å²) in [4.78, 5) is 43.6. The fraction of sp³-hybridized carbons (Fsp3) is 0.286. The molecular weight excluding hydrogens is 524 g/mol. The van der Waals surface area contributed by atoms with E-state index in [0.29, 0.717) is 37.7 Å². The molecule has 1 aliphatic rings. The first kappa shape index (κ1) is 27.6. The highest BCUT2D eigenvalue weighted by molar-refractivity contribution is 7.07. The van der Waals surface area contributed by atoms with Gasteiger partial charge in [-0.25, -0.2) is 9.79 Å². The van der Waals surface area contributed by atoms with Gasteiger partial charge in [0.1, 0.15) is 0 Å². The van der Waals surface area contributed by atoms with Crippen LogP contribution in [0.5, 0.6) is 23.0 Å². The number of carbonyl (C=O) groups excluding carboxylic acids is 2. The van der Waals surface area contributed by atoms with Crippen molar-refractivity contribution in [3.63, 3.8) is 0 Å². The third kappa shape index (κ3) is 5.30. The molecule has 0 saturated carbocycles. The molecule has 1 aliphatic heterocycles. The molecule has 0 bridgehead atoms. The predicted octanol–water partition coefficient (Wildman–Crippen LogP) is 2.75. The Balaban J connectivity index is 1.97. The predicted molar refractivity (Wildman–Crippen MR) is 144 cm³/mol. The Labute approximate surface area is 228 Å². The normalized spacial score (nSPS) is 14.8. The second kappa shape index (κ2) is 11.6. The zero-order valence-corrected chi connectivity index (χ0v) is 23.2. The molecule has 0 amide bonds. The van der Waals surface area contributed by atoms with Crippen LogP contribution in [0.2, 0.25) is 0 Å². The first-order chi connectivity index (χ1) is 18.7. The van der Waals surface area contributed by atoms with Gasteiger partial charge in [0, 0.05) is 12.5 Å². The summed E-state index contributed by atoms with van der Waals surface area (Å²) in [5.74, 6) is 0.392. The van der Waals surface area contributed by atoms with Gasteiger partial charge in [0.05, 0.1) is 49.8 Å². The number of thiazole rings is 1. The van der Waals surface area contributed by atoms with Crippen LogP contribution in [0.1, 0.15) is 37.9 Å². The summed E-state index contributed by atoms with van der Waals surface area (Å²) in [5.41, 5.74) is 1.48.